The molecule has 3 aromatic rings. The van der Waals surface area contributed by atoms with Gasteiger partial charge >= 0.3 is 6.18 Å². The molecule has 2 aromatic heterocycles. The molecule has 0 N–H and O–H groups in total. The lowest BCUT2D eigenvalue weighted by molar-refractivity contribution is -0.137. The van der Waals surface area contributed by atoms with Gasteiger partial charge in [-0.1, -0.05) is 0 Å². The highest BCUT2D eigenvalue weighted by Gasteiger charge is 2.30. The van der Waals surface area contributed by atoms with Crippen molar-refractivity contribution in [1.29, 1.82) is 0 Å². The molecule has 0 aliphatic carbocycles. The summed E-state index contributed by atoms with van der Waals surface area (Å²) in [6.07, 6.45) is -3.66. The Labute approximate surface area is 117 Å². The molecule has 3 rings (SSSR count). The summed E-state index contributed by atoms with van der Waals surface area (Å²) < 4.78 is 48.0. The van der Waals surface area contributed by atoms with E-state index in [1.54, 1.807) is 18.2 Å². The number of fused-ring (bicyclic) bond motifs is 1. The Kier molecular flexibility index (Phi) is 3.04. The van der Waals surface area contributed by atoms with E-state index in [9.17, 15) is 13.2 Å². The van der Waals surface area contributed by atoms with Crippen LogP contribution in [0.25, 0.3) is 22.7 Å². The maximum absolute atomic E-state index is 12.5. The molecular formula is C14H9F3N2O2. The second-order valence-electron chi connectivity index (χ2n) is 4.28. The van der Waals surface area contributed by atoms with Crippen molar-refractivity contribution in [3.63, 3.8) is 0 Å². The molecule has 108 valence electrons. The van der Waals surface area contributed by atoms with Crippen LogP contribution in [0.1, 0.15) is 5.56 Å². The van der Waals surface area contributed by atoms with Crippen molar-refractivity contribution >= 4 is 11.1 Å². The van der Waals surface area contributed by atoms with Crippen LogP contribution < -0.4 is 4.74 Å². The Morgan fingerprint density at radius 3 is 2.57 bits per heavy atom. The van der Waals surface area contributed by atoms with E-state index in [4.69, 9.17) is 9.15 Å². The SMILES string of the molecule is COc1ccc2oc(-c3ccc(C(F)(F)F)cn3)nc2c1. The highest BCUT2D eigenvalue weighted by atomic mass is 19.4. The van der Waals surface area contributed by atoms with Gasteiger partial charge in [0.05, 0.1) is 12.7 Å². The second kappa shape index (κ2) is 4.76. The molecule has 2 heterocycles. The Bertz CT molecular complexity index is 779. The number of nitrogens with zero attached hydrogens (tertiary/aromatic N) is 2. The van der Waals surface area contributed by atoms with Crippen molar-refractivity contribution in [2.24, 2.45) is 0 Å². The monoisotopic (exact) mass is 294 g/mol. The van der Waals surface area contributed by atoms with Crippen LogP contribution >= 0.6 is 0 Å². The molecular weight excluding hydrogens is 285 g/mol. The van der Waals surface area contributed by atoms with Crippen molar-refractivity contribution in [2.75, 3.05) is 7.11 Å². The predicted octanol–water partition coefficient (Wildman–Crippen LogP) is 3.92. The van der Waals surface area contributed by atoms with Gasteiger partial charge in [-0.2, -0.15) is 13.2 Å². The number of ether oxygens (including phenoxy) is 1. The molecule has 0 spiro atoms. The molecule has 0 fully saturated rings. The lowest BCUT2D eigenvalue weighted by atomic mass is 10.2. The molecule has 1 aromatic carbocycles. The van der Waals surface area contributed by atoms with E-state index < -0.39 is 11.7 Å². The Morgan fingerprint density at radius 2 is 1.95 bits per heavy atom. The Balaban J connectivity index is 2.00. The first-order chi connectivity index (χ1) is 9.97. The van der Waals surface area contributed by atoms with Crippen molar-refractivity contribution in [3.8, 4) is 17.3 Å². The number of pyridine rings is 1. The maximum Gasteiger partial charge on any atom is 0.417 e. The van der Waals surface area contributed by atoms with Gasteiger partial charge in [0.1, 0.15) is 17.0 Å². The van der Waals surface area contributed by atoms with E-state index in [1.807, 2.05) is 0 Å². The first-order valence-corrected chi connectivity index (χ1v) is 5.95. The highest BCUT2D eigenvalue weighted by molar-refractivity contribution is 5.77. The lowest BCUT2D eigenvalue weighted by Gasteiger charge is -2.05. The Morgan fingerprint density at radius 1 is 1.14 bits per heavy atom. The fourth-order valence-corrected chi connectivity index (χ4v) is 1.83. The van der Waals surface area contributed by atoms with Gasteiger partial charge in [-0.25, -0.2) is 4.98 Å². The summed E-state index contributed by atoms with van der Waals surface area (Å²) in [6, 6.07) is 7.22. The first kappa shape index (κ1) is 13.4. The molecule has 0 unspecified atom stereocenters. The molecule has 0 saturated heterocycles. The van der Waals surface area contributed by atoms with Crippen LogP contribution in [0.3, 0.4) is 0 Å². The highest BCUT2D eigenvalue weighted by Crippen LogP contribution is 2.30. The van der Waals surface area contributed by atoms with Crippen LogP contribution in [0.2, 0.25) is 0 Å². The number of halogens is 3. The third-order valence-corrected chi connectivity index (χ3v) is 2.90. The van der Waals surface area contributed by atoms with Gasteiger partial charge in [0.15, 0.2) is 5.58 Å². The third-order valence-electron chi connectivity index (χ3n) is 2.90. The number of hydrogen-bond donors (Lipinski definition) is 0. The van der Waals surface area contributed by atoms with Crippen LogP contribution in [0, 0.1) is 0 Å². The van der Waals surface area contributed by atoms with Crippen molar-refractivity contribution in [3.05, 3.63) is 42.1 Å². The molecule has 0 amide bonds. The number of alkyl halides is 3. The van der Waals surface area contributed by atoms with E-state index in [2.05, 4.69) is 9.97 Å². The topological polar surface area (TPSA) is 48.2 Å². The summed E-state index contributed by atoms with van der Waals surface area (Å²) in [7, 11) is 1.53. The standard InChI is InChI=1S/C14H9F3N2O2/c1-20-9-3-5-12-11(6-9)19-13(21-12)10-4-2-8(7-18-10)14(15,16)17/h2-7H,1H3. The quantitative estimate of drug-likeness (QED) is 0.718. The number of benzene rings is 1. The van der Waals surface area contributed by atoms with Gasteiger partial charge in [0.25, 0.3) is 0 Å². The number of methoxy groups -OCH3 is 1. The fraction of sp³-hybridized carbons (Fsp3) is 0.143. The van der Waals surface area contributed by atoms with Crippen molar-refractivity contribution in [2.45, 2.75) is 6.18 Å². The van der Waals surface area contributed by atoms with E-state index >= 15 is 0 Å². The van der Waals surface area contributed by atoms with Gasteiger partial charge < -0.3 is 9.15 Å². The third kappa shape index (κ3) is 2.54. The number of oxazole rings is 1. The first-order valence-electron chi connectivity index (χ1n) is 5.95. The summed E-state index contributed by atoms with van der Waals surface area (Å²) >= 11 is 0. The zero-order valence-corrected chi connectivity index (χ0v) is 10.8. The molecule has 4 nitrogen and oxygen atoms in total. The molecule has 0 radical (unpaired) electrons. The van der Waals surface area contributed by atoms with E-state index in [-0.39, 0.29) is 11.6 Å². The summed E-state index contributed by atoms with van der Waals surface area (Å²) in [5.41, 5.74) is 0.473. The van der Waals surface area contributed by atoms with Crippen LogP contribution in [-0.4, -0.2) is 17.1 Å². The number of rotatable bonds is 2. The summed E-state index contributed by atoms with van der Waals surface area (Å²) in [5, 5.41) is 0. The average Bonchev–Trinajstić information content (AvgIpc) is 2.89. The second-order valence-corrected chi connectivity index (χ2v) is 4.28. The van der Waals surface area contributed by atoms with Gasteiger partial charge in [0, 0.05) is 12.3 Å². The zero-order chi connectivity index (χ0) is 15.0. The molecule has 0 aliphatic heterocycles. The van der Waals surface area contributed by atoms with Gasteiger partial charge in [-0.05, 0) is 24.3 Å². The molecule has 0 saturated carbocycles. The maximum atomic E-state index is 12.5. The van der Waals surface area contributed by atoms with Gasteiger partial charge in [-0.3, -0.25) is 4.98 Å². The minimum atomic E-state index is -4.42. The van der Waals surface area contributed by atoms with E-state index in [0.29, 0.717) is 16.8 Å². The molecule has 0 bridgehead atoms. The molecule has 7 heteroatoms. The minimum Gasteiger partial charge on any atom is -0.497 e. The van der Waals surface area contributed by atoms with E-state index in [0.717, 1.165) is 12.3 Å². The summed E-state index contributed by atoms with van der Waals surface area (Å²) in [4.78, 5) is 7.94. The largest absolute Gasteiger partial charge is 0.497 e. The molecule has 21 heavy (non-hydrogen) atoms. The lowest BCUT2D eigenvalue weighted by Crippen LogP contribution is -2.05. The van der Waals surface area contributed by atoms with Crippen molar-refractivity contribution in [1.82, 2.24) is 9.97 Å². The van der Waals surface area contributed by atoms with Crippen molar-refractivity contribution < 1.29 is 22.3 Å². The number of aromatic nitrogens is 2. The molecule has 0 aliphatic rings. The van der Waals surface area contributed by atoms with Crippen LogP contribution in [-0.2, 0) is 6.18 Å². The van der Waals surface area contributed by atoms with Crippen LogP contribution in [0.4, 0.5) is 13.2 Å². The Hall–Kier alpha value is -2.57. The van der Waals surface area contributed by atoms with Crippen LogP contribution in [0.5, 0.6) is 5.75 Å². The normalized spacial score (nSPS) is 11.8. The van der Waals surface area contributed by atoms with Crippen LogP contribution in [0.15, 0.2) is 40.9 Å². The minimum absolute atomic E-state index is 0.159. The number of hydrogen-bond acceptors (Lipinski definition) is 4. The zero-order valence-electron chi connectivity index (χ0n) is 10.8. The van der Waals surface area contributed by atoms with E-state index in [1.165, 1.54) is 13.2 Å². The fourth-order valence-electron chi connectivity index (χ4n) is 1.83. The van der Waals surface area contributed by atoms with Gasteiger partial charge in [0.2, 0.25) is 5.89 Å². The summed E-state index contributed by atoms with van der Waals surface area (Å²) in [5.74, 6) is 0.773. The predicted molar refractivity (Wildman–Crippen MR) is 68.8 cm³/mol. The summed E-state index contributed by atoms with van der Waals surface area (Å²) in [6.45, 7) is 0. The smallest absolute Gasteiger partial charge is 0.417 e. The van der Waals surface area contributed by atoms with Gasteiger partial charge in [-0.15, -0.1) is 0 Å². The average molecular weight is 294 g/mol. The molecule has 0 atom stereocenters.